The second-order valence-electron chi connectivity index (χ2n) is 2.89. The molecule has 2 amide bonds. The van der Waals surface area contributed by atoms with Gasteiger partial charge in [-0.3, -0.25) is 0 Å². The zero-order chi connectivity index (χ0) is 13.7. The average molecular weight is 256 g/mol. The lowest BCUT2D eigenvalue weighted by atomic mass is 10.3. The van der Waals surface area contributed by atoms with Crippen LogP contribution in [0.5, 0.6) is 0 Å². The van der Waals surface area contributed by atoms with E-state index in [9.17, 15) is 19.7 Å². The highest BCUT2D eigenvalue weighted by Gasteiger charge is 2.23. The number of nitrogens with zero attached hydrogens (tertiary/aromatic N) is 2. The minimum atomic E-state index is -1.55. The lowest BCUT2D eigenvalue weighted by molar-refractivity contribution is -0.528. The largest absolute Gasteiger partial charge is 0.477 e. The molecule has 96 valence electrons. The molecule has 0 saturated heterocycles. The van der Waals surface area contributed by atoms with Crippen LogP contribution in [0.25, 0.3) is 6.08 Å². The summed E-state index contributed by atoms with van der Waals surface area (Å²) in [5.74, 6) is 3.73. The maximum atomic E-state index is 11.1. The van der Waals surface area contributed by atoms with E-state index in [2.05, 4.69) is 0 Å². The van der Waals surface area contributed by atoms with Gasteiger partial charge in [-0.25, -0.2) is 30.6 Å². The molecule has 4 N–H and O–H groups in total. The minimum Gasteiger partial charge on any atom is -0.477 e. The van der Waals surface area contributed by atoms with Gasteiger partial charge in [0.1, 0.15) is 5.76 Å². The van der Waals surface area contributed by atoms with Crippen molar-refractivity contribution in [3.05, 3.63) is 40.0 Å². The van der Waals surface area contributed by atoms with Gasteiger partial charge in [0.05, 0.1) is 6.26 Å². The summed E-state index contributed by atoms with van der Waals surface area (Å²) in [5, 5.41) is 17.8. The van der Waals surface area contributed by atoms with Crippen LogP contribution in [0.4, 0.5) is 4.79 Å². The van der Waals surface area contributed by atoms with Crippen LogP contribution in [0.3, 0.4) is 0 Å². The summed E-state index contributed by atoms with van der Waals surface area (Å²) in [5.41, 5.74) is 0.516. The highest BCUT2D eigenvalue weighted by atomic mass is 16.7. The Morgan fingerprint density at radius 3 is 2.72 bits per heavy atom. The monoisotopic (exact) mass is 256 g/mol. The van der Waals surface area contributed by atoms with Crippen LogP contribution < -0.4 is 11.3 Å². The number of rotatable bonds is 4. The SMILES string of the molecule is NN(C(=O)N[N+](=O)[O-])C(=Cc1ccco1)C(=O)O. The molecule has 0 radical (unpaired) electrons. The van der Waals surface area contributed by atoms with E-state index in [1.807, 2.05) is 0 Å². The van der Waals surface area contributed by atoms with Crippen molar-refractivity contribution in [2.45, 2.75) is 0 Å². The van der Waals surface area contributed by atoms with Gasteiger partial charge in [0, 0.05) is 6.08 Å². The summed E-state index contributed by atoms with van der Waals surface area (Å²) in [6.45, 7) is 0. The van der Waals surface area contributed by atoms with Gasteiger partial charge in [-0.05, 0) is 17.6 Å². The Labute approximate surface area is 99.4 Å². The molecule has 1 rings (SSSR count). The number of hydrogen-bond donors (Lipinski definition) is 3. The molecule has 1 aromatic heterocycles. The van der Waals surface area contributed by atoms with E-state index in [0.717, 1.165) is 6.08 Å². The van der Waals surface area contributed by atoms with Crippen molar-refractivity contribution in [1.82, 2.24) is 10.4 Å². The second-order valence-corrected chi connectivity index (χ2v) is 2.89. The van der Waals surface area contributed by atoms with Crippen LogP contribution in [0, 0.1) is 10.1 Å². The Morgan fingerprint density at radius 2 is 2.28 bits per heavy atom. The molecular weight excluding hydrogens is 248 g/mol. The molecule has 0 saturated carbocycles. The Hall–Kier alpha value is -2.88. The van der Waals surface area contributed by atoms with Gasteiger partial charge in [0.25, 0.3) is 0 Å². The first-order chi connectivity index (χ1) is 8.41. The van der Waals surface area contributed by atoms with E-state index in [-0.39, 0.29) is 10.8 Å². The number of amides is 2. The summed E-state index contributed by atoms with van der Waals surface area (Å²) in [4.78, 5) is 32.0. The molecule has 10 nitrogen and oxygen atoms in total. The third-order valence-electron chi connectivity index (χ3n) is 1.71. The Morgan fingerprint density at radius 1 is 1.61 bits per heavy atom. The molecule has 18 heavy (non-hydrogen) atoms. The van der Waals surface area contributed by atoms with Crippen molar-refractivity contribution in [3.63, 3.8) is 0 Å². The number of nitro groups is 1. The van der Waals surface area contributed by atoms with Crippen LogP contribution in [-0.4, -0.2) is 27.1 Å². The van der Waals surface area contributed by atoms with E-state index >= 15 is 0 Å². The molecule has 0 aliphatic heterocycles. The van der Waals surface area contributed by atoms with Crippen molar-refractivity contribution >= 4 is 18.1 Å². The van der Waals surface area contributed by atoms with Crippen LogP contribution in [0.2, 0.25) is 0 Å². The average Bonchev–Trinajstić information content (AvgIpc) is 2.76. The first-order valence-electron chi connectivity index (χ1n) is 4.40. The summed E-state index contributed by atoms with van der Waals surface area (Å²) >= 11 is 0. The molecule has 1 heterocycles. The van der Waals surface area contributed by atoms with E-state index < -0.39 is 22.7 Å². The zero-order valence-corrected chi connectivity index (χ0v) is 8.77. The lowest BCUT2D eigenvalue weighted by Gasteiger charge is -2.13. The summed E-state index contributed by atoms with van der Waals surface area (Å²) in [6, 6.07) is 1.51. The number of hydrogen-bond acceptors (Lipinski definition) is 6. The van der Waals surface area contributed by atoms with Crippen LogP contribution >= 0.6 is 0 Å². The normalized spacial score (nSPS) is 10.8. The van der Waals surface area contributed by atoms with Crippen molar-refractivity contribution in [1.29, 1.82) is 0 Å². The van der Waals surface area contributed by atoms with Crippen molar-refractivity contribution in [2.24, 2.45) is 5.84 Å². The van der Waals surface area contributed by atoms with Gasteiger partial charge < -0.3 is 9.52 Å². The third kappa shape index (κ3) is 3.31. The van der Waals surface area contributed by atoms with Crippen molar-refractivity contribution < 1.29 is 24.1 Å². The molecular formula is C8H8N4O6. The highest BCUT2D eigenvalue weighted by Crippen LogP contribution is 2.09. The Kier molecular flexibility index (Phi) is 3.99. The number of hydrazine groups is 2. The third-order valence-corrected chi connectivity index (χ3v) is 1.71. The fourth-order valence-electron chi connectivity index (χ4n) is 0.984. The number of furan rings is 1. The van der Waals surface area contributed by atoms with Gasteiger partial charge in [0.15, 0.2) is 10.7 Å². The standard InChI is InChI=1S/C8H8N4O6/c9-11(8(15)10-12(16)17)6(7(13)14)4-5-2-1-3-18-5/h1-4H,9H2,(H,10,15)(H,13,14). The maximum absolute atomic E-state index is 11.1. The second kappa shape index (κ2) is 5.45. The summed E-state index contributed by atoms with van der Waals surface area (Å²) < 4.78 is 4.84. The molecule has 0 fully saturated rings. The molecule has 1 aromatic rings. The molecule has 0 aromatic carbocycles. The van der Waals surface area contributed by atoms with Gasteiger partial charge in [-0.15, -0.1) is 0 Å². The number of carboxylic acids is 1. The molecule has 0 aliphatic rings. The predicted octanol–water partition coefficient (Wildman–Crippen LogP) is -0.218. The Bertz CT molecular complexity index is 494. The highest BCUT2D eigenvalue weighted by molar-refractivity contribution is 5.95. The topological polar surface area (TPSA) is 152 Å². The van der Waals surface area contributed by atoms with Crippen molar-refractivity contribution in [3.8, 4) is 0 Å². The number of nitrogens with two attached hydrogens (primary N) is 1. The molecule has 10 heteroatoms. The number of carbonyl (C=O) groups is 2. The van der Waals surface area contributed by atoms with Gasteiger partial charge >= 0.3 is 12.0 Å². The van der Waals surface area contributed by atoms with Gasteiger partial charge in [-0.2, -0.15) is 0 Å². The zero-order valence-electron chi connectivity index (χ0n) is 8.77. The minimum absolute atomic E-state index is 0.0909. The lowest BCUT2D eigenvalue weighted by Crippen LogP contribution is -2.47. The fourth-order valence-corrected chi connectivity index (χ4v) is 0.984. The van der Waals surface area contributed by atoms with Crippen molar-refractivity contribution in [2.75, 3.05) is 0 Å². The van der Waals surface area contributed by atoms with Gasteiger partial charge in [-0.1, -0.05) is 0 Å². The first-order valence-corrected chi connectivity index (χ1v) is 4.40. The van der Waals surface area contributed by atoms with Gasteiger partial charge in [0.2, 0.25) is 0 Å². The van der Waals surface area contributed by atoms with Crippen LogP contribution in [-0.2, 0) is 4.79 Å². The number of carboxylic acid groups (broad SMARTS) is 1. The maximum Gasteiger partial charge on any atom is 0.394 e. The van der Waals surface area contributed by atoms with E-state index in [1.165, 1.54) is 23.8 Å². The number of urea groups is 1. The van der Waals surface area contributed by atoms with Crippen LogP contribution in [0.1, 0.15) is 5.76 Å². The molecule has 0 atom stereocenters. The van der Waals surface area contributed by atoms with Crippen LogP contribution in [0.15, 0.2) is 28.5 Å². The predicted molar refractivity (Wildman–Crippen MR) is 55.9 cm³/mol. The van der Waals surface area contributed by atoms with E-state index in [0.29, 0.717) is 0 Å². The molecule has 0 bridgehead atoms. The first kappa shape index (κ1) is 13.2. The fraction of sp³-hybridized carbons (Fsp3) is 0. The van der Waals surface area contributed by atoms with E-state index in [1.54, 1.807) is 0 Å². The number of nitrogens with one attached hydrogen (secondary N) is 1. The molecule has 0 aliphatic carbocycles. The molecule has 0 unspecified atom stereocenters. The quantitative estimate of drug-likeness (QED) is 0.221. The Balaban J connectivity index is 2.96. The summed E-state index contributed by atoms with van der Waals surface area (Å²) in [7, 11) is 0. The number of carbonyl (C=O) groups excluding carboxylic acids is 1. The number of aliphatic carboxylic acids is 1. The smallest absolute Gasteiger partial charge is 0.394 e. The summed E-state index contributed by atoms with van der Waals surface area (Å²) in [6.07, 6.45) is 2.23. The van der Waals surface area contributed by atoms with E-state index in [4.69, 9.17) is 15.4 Å². The molecule has 0 spiro atoms.